The summed E-state index contributed by atoms with van der Waals surface area (Å²) < 4.78 is 5.78. The zero-order valence-corrected chi connectivity index (χ0v) is 15.7. The van der Waals surface area contributed by atoms with E-state index in [-0.39, 0.29) is 23.4 Å². The topological polar surface area (TPSA) is 107 Å². The van der Waals surface area contributed by atoms with E-state index in [0.717, 1.165) is 11.1 Å². The Morgan fingerprint density at radius 3 is 2.12 bits per heavy atom. The number of phenols is 1. The van der Waals surface area contributed by atoms with E-state index in [0.29, 0.717) is 11.5 Å². The summed E-state index contributed by atoms with van der Waals surface area (Å²) in [7, 11) is 0. The molecule has 2 aromatic rings. The molecule has 0 aliphatic rings. The quantitative estimate of drug-likeness (QED) is 0.755. The van der Waals surface area contributed by atoms with Crippen LogP contribution in [0.1, 0.15) is 58.6 Å². The van der Waals surface area contributed by atoms with Crippen LogP contribution in [0.25, 0.3) is 0 Å². The fourth-order valence-corrected chi connectivity index (χ4v) is 1.82. The van der Waals surface area contributed by atoms with Gasteiger partial charge in [0, 0.05) is 5.56 Å². The molecule has 24 heavy (non-hydrogen) atoms. The standard InChI is InChI=1S/C14H18N4O2.2C2H6/c1-7(2)9-5-10(19)8(3)4-11(9)20-12-6-17-14(16)18-13(12)15;2*1-2/h4-7,19H,1-3H3,(H4,15,16,17,18);2*1-2H3. The van der Waals surface area contributed by atoms with E-state index in [1.165, 1.54) is 6.20 Å². The lowest BCUT2D eigenvalue weighted by atomic mass is 10.00. The summed E-state index contributed by atoms with van der Waals surface area (Å²) >= 11 is 0. The molecule has 0 amide bonds. The molecule has 0 atom stereocenters. The minimum Gasteiger partial charge on any atom is -0.508 e. The maximum Gasteiger partial charge on any atom is 0.222 e. The lowest BCUT2D eigenvalue weighted by molar-refractivity contribution is 0.453. The van der Waals surface area contributed by atoms with Crippen molar-refractivity contribution >= 4 is 11.8 Å². The van der Waals surface area contributed by atoms with Crippen molar-refractivity contribution in [3.05, 3.63) is 29.5 Å². The van der Waals surface area contributed by atoms with Crippen LogP contribution in [-0.2, 0) is 0 Å². The second kappa shape index (κ2) is 10.3. The van der Waals surface area contributed by atoms with Gasteiger partial charge in [0.15, 0.2) is 11.6 Å². The first kappa shape index (κ1) is 21.5. The Kier molecular flexibility index (Phi) is 9.23. The minimum atomic E-state index is 0.0980. The molecule has 0 aliphatic carbocycles. The first-order valence-electron chi connectivity index (χ1n) is 8.27. The van der Waals surface area contributed by atoms with E-state index >= 15 is 0 Å². The van der Waals surface area contributed by atoms with Crippen LogP contribution >= 0.6 is 0 Å². The van der Waals surface area contributed by atoms with E-state index in [2.05, 4.69) is 9.97 Å². The molecule has 1 aromatic heterocycles. The first-order valence-corrected chi connectivity index (χ1v) is 8.27. The van der Waals surface area contributed by atoms with E-state index in [4.69, 9.17) is 16.2 Å². The van der Waals surface area contributed by atoms with E-state index in [1.807, 2.05) is 41.5 Å². The van der Waals surface area contributed by atoms with Gasteiger partial charge in [-0.15, -0.1) is 0 Å². The van der Waals surface area contributed by atoms with Crippen molar-refractivity contribution in [2.24, 2.45) is 0 Å². The molecule has 0 saturated carbocycles. The van der Waals surface area contributed by atoms with Gasteiger partial charge in [0.1, 0.15) is 11.5 Å². The molecule has 0 saturated heterocycles. The van der Waals surface area contributed by atoms with Crippen molar-refractivity contribution in [1.82, 2.24) is 9.97 Å². The third-order valence-electron chi connectivity index (χ3n) is 2.97. The van der Waals surface area contributed by atoms with Gasteiger partial charge in [0.05, 0.1) is 6.20 Å². The number of phenolic OH excluding ortho intramolecular Hbond substituents is 1. The molecule has 0 radical (unpaired) electrons. The average molecular weight is 334 g/mol. The fraction of sp³-hybridized carbons (Fsp3) is 0.444. The van der Waals surface area contributed by atoms with E-state index in [9.17, 15) is 5.11 Å². The number of anilines is 2. The largest absolute Gasteiger partial charge is 0.508 e. The minimum absolute atomic E-state index is 0.0980. The Hall–Kier alpha value is -2.50. The van der Waals surface area contributed by atoms with Crippen LogP contribution in [0.2, 0.25) is 0 Å². The highest BCUT2D eigenvalue weighted by atomic mass is 16.5. The highest BCUT2D eigenvalue weighted by Crippen LogP contribution is 2.36. The van der Waals surface area contributed by atoms with Crippen LogP contribution in [0.5, 0.6) is 17.2 Å². The summed E-state index contributed by atoms with van der Waals surface area (Å²) in [6, 6.07) is 3.46. The Balaban J connectivity index is 0.00000123. The van der Waals surface area contributed by atoms with Gasteiger partial charge in [-0.3, -0.25) is 0 Å². The molecule has 0 unspecified atom stereocenters. The van der Waals surface area contributed by atoms with Gasteiger partial charge >= 0.3 is 0 Å². The van der Waals surface area contributed by atoms with Crippen LogP contribution < -0.4 is 16.2 Å². The number of rotatable bonds is 3. The molecule has 0 spiro atoms. The molecule has 2 rings (SSSR count). The monoisotopic (exact) mass is 334 g/mol. The van der Waals surface area contributed by atoms with Crippen molar-refractivity contribution in [2.75, 3.05) is 11.5 Å². The summed E-state index contributed by atoms with van der Waals surface area (Å²) in [5.74, 6) is 1.66. The summed E-state index contributed by atoms with van der Waals surface area (Å²) in [5, 5.41) is 9.81. The zero-order valence-electron chi connectivity index (χ0n) is 15.7. The van der Waals surface area contributed by atoms with Gasteiger partial charge in [-0.25, -0.2) is 4.98 Å². The molecular formula is C18H30N4O2. The molecule has 6 nitrogen and oxygen atoms in total. The van der Waals surface area contributed by atoms with Gasteiger partial charge in [0.25, 0.3) is 0 Å². The molecule has 1 aromatic carbocycles. The van der Waals surface area contributed by atoms with E-state index < -0.39 is 0 Å². The van der Waals surface area contributed by atoms with Crippen LogP contribution in [0, 0.1) is 6.92 Å². The molecule has 5 N–H and O–H groups in total. The molecule has 134 valence electrons. The number of aromatic nitrogens is 2. The van der Waals surface area contributed by atoms with Crippen molar-refractivity contribution in [3.8, 4) is 17.2 Å². The normalized spacial score (nSPS) is 9.50. The number of benzene rings is 1. The van der Waals surface area contributed by atoms with Gasteiger partial charge in [-0.2, -0.15) is 4.98 Å². The van der Waals surface area contributed by atoms with Gasteiger partial charge < -0.3 is 21.3 Å². The molecule has 0 fully saturated rings. The smallest absolute Gasteiger partial charge is 0.222 e. The van der Waals surface area contributed by atoms with Crippen LogP contribution in [0.4, 0.5) is 11.8 Å². The van der Waals surface area contributed by atoms with Crippen LogP contribution in [-0.4, -0.2) is 15.1 Å². The SMILES string of the molecule is CC.CC.Cc1cc(Oc2cnc(N)nc2N)c(C(C)C)cc1O. The second-order valence-corrected chi connectivity index (χ2v) is 4.91. The Morgan fingerprint density at radius 2 is 1.62 bits per heavy atom. The highest BCUT2D eigenvalue weighted by Gasteiger charge is 2.14. The first-order chi connectivity index (χ1) is 11.4. The van der Waals surface area contributed by atoms with Crippen molar-refractivity contribution in [3.63, 3.8) is 0 Å². The molecule has 6 heteroatoms. The second-order valence-electron chi connectivity index (χ2n) is 4.91. The molecule has 0 aliphatic heterocycles. The van der Waals surface area contributed by atoms with Gasteiger partial charge in [0.2, 0.25) is 5.95 Å². The lowest BCUT2D eigenvalue weighted by Gasteiger charge is -2.16. The number of aryl methyl sites for hydroxylation is 1. The molecule has 1 heterocycles. The number of hydrogen-bond acceptors (Lipinski definition) is 6. The fourth-order valence-electron chi connectivity index (χ4n) is 1.82. The third kappa shape index (κ3) is 5.61. The number of nitrogens with zero attached hydrogens (tertiary/aromatic N) is 2. The van der Waals surface area contributed by atoms with Gasteiger partial charge in [-0.1, -0.05) is 41.5 Å². The van der Waals surface area contributed by atoms with Gasteiger partial charge in [-0.05, 0) is 30.5 Å². The molecule has 0 bridgehead atoms. The van der Waals surface area contributed by atoms with Crippen molar-refractivity contribution in [2.45, 2.75) is 54.4 Å². The molecular weight excluding hydrogens is 304 g/mol. The summed E-state index contributed by atoms with van der Waals surface area (Å²) in [6.45, 7) is 13.8. The third-order valence-corrected chi connectivity index (χ3v) is 2.97. The zero-order chi connectivity index (χ0) is 18.9. The average Bonchev–Trinajstić information content (AvgIpc) is 2.56. The number of hydrogen-bond donors (Lipinski definition) is 3. The number of aromatic hydroxyl groups is 1. The Morgan fingerprint density at radius 1 is 1.04 bits per heavy atom. The summed E-state index contributed by atoms with van der Waals surface area (Å²) in [4.78, 5) is 7.72. The maximum atomic E-state index is 9.81. The Bertz CT molecular complexity index is 643. The van der Waals surface area contributed by atoms with E-state index in [1.54, 1.807) is 19.1 Å². The lowest BCUT2D eigenvalue weighted by Crippen LogP contribution is -2.02. The summed E-state index contributed by atoms with van der Waals surface area (Å²) in [5.41, 5.74) is 12.8. The van der Waals surface area contributed by atoms with Crippen LogP contribution in [0.15, 0.2) is 18.3 Å². The number of nitrogens with two attached hydrogens (primary N) is 2. The maximum absolute atomic E-state index is 9.81. The highest BCUT2D eigenvalue weighted by molar-refractivity contribution is 5.52. The van der Waals surface area contributed by atoms with Crippen molar-refractivity contribution < 1.29 is 9.84 Å². The number of nitrogen functional groups attached to an aromatic ring is 2. The van der Waals surface area contributed by atoms with Crippen molar-refractivity contribution in [1.29, 1.82) is 0 Å². The Labute approximate surface area is 144 Å². The predicted molar refractivity (Wildman–Crippen MR) is 101 cm³/mol. The van der Waals surface area contributed by atoms with Crippen LogP contribution in [0.3, 0.4) is 0 Å². The summed E-state index contributed by atoms with van der Waals surface area (Å²) in [6.07, 6.45) is 1.43. The number of ether oxygens (including phenoxy) is 1. The predicted octanol–water partition coefficient (Wildman–Crippen LogP) is 4.62.